The molecule has 1 aliphatic heterocycles. The van der Waals surface area contributed by atoms with E-state index in [9.17, 15) is 0 Å². The predicted octanol–water partition coefficient (Wildman–Crippen LogP) is 7.56. The third kappa shape index (κ3) is 4.24. The third-order valence-corrected chi connectivity index (χ3v) is 26.6. The normalized spacial score (nSPS) is 23.0. The average molecular weight is 602 g/mol. The van der Waals surface area contributed by atoms with Crippen molar-refractivity contribution < 1.29 is 0 Å². The maximum absolute atomic E-state index is 5.31. The first kappa shape index (κ1) is 25.7. The Bertz CT molecular complexity index is 1080. The summed E-state index contributed by atoms with van der Waals surface area (Å²) in [5.74, 6) is 0. The number of unbranched alkanes of at least 4 members (excludes halogenated alkanes) is 1. The Morgan fingerprint density at radius 3 is 1.94 bits per heavy atom. The molecule has 180 valence electrons. The fourth-order valence-corrected chi connectivity index (χ4v) is 24.3. The number of aliphatic imine (C=N–C) groups is 1. The van der Waals surface area contributed by atoms with E-state index in [0.717, 1.165) is 6.54 Å². The Hall–Kier alpha value is -1.38. The number of allylic oxidation sites excluding steroid dienone is 1. The molecule has 0 N–H and O–H groups in total. The van der Waals surface area contributed by atoms with E-state index in [2.05, 4.69) is 157 Å². The second-order valence-electron chi connectivity index (χ2n) is 9.46. The molecule has 34 heavy (non-hydrogen) atoms. The summed E-state index contributed by atoms with van der Waals surface area (Å²) in [4.78, 5) is 5.31. The van der Waals surface area contributed by atoms with Crippen LogP contribution in [-0.2, 0) is 5.28 Å². The van der Waals surface area contributed by atoms with E-state index in [4.69, 9.17) is 4.99 Å². The fraction of sp³-hybridized carbons (Fsp3) is 0.276. The molecular weight excluding hydrogens is 565 g/mol. The standard InChI is InChI=1S/C29H37IN2P2/c1-5-7-23-32(33(4,27-19-13-9-14-20-27)28-21-15-10-16-22-28)34(30)26(6-2)24-31-29(34,3)25-17-11-8-12-18-25/h6,8-22,24,26,33-34H,2,5,7,23H2,1,3-4H3/t26-,29-/m1/s1. The number of halogens is 1. The number of rotatable bonds is 9. The number of benzene rings is 3. The molecule has 5 heteroatoms. The monoisotopic (exact) mass is 602 g/mol. The molecule has 0 saturated heterocycles. The van der Waals surface area contributed by atoms with Gasteiger partial charge < -0.3 is 0 Å². The molecule has 0 spiro atoms. The zero-order chi connectivity index (χ0) is 24.2. The van der Waals surface area contributed by atoms with E-state index in [0.29, 0.717) is 0 Å². The van der Waals surface area contributed by atoms with Crippen molar-refractivity contribution >= 4 is 51.3 Å². The van der Waals surface area contributed by atoms with Crippen LogP contribution in [0, 0.1) is 0 Å². The van der Waals surface area contributed by atoms with E-state index in [1.807, 2.05) is 0 Å². The Morgan fingerprint density at radius 1 is 0.971 bits per heavy atom. The second kappa shape index (κ2) is 10.7. The zero-order valence-corrected chi connectivity index (χ0v) is 24.7. The van der Waals surface area contributed by atoms with E-state index < -0.39 is 12.5 Å². The summed E-state index contributed by atoms with van der Waals surface area (Å²) in [6.45, 7) is 12.6. The van der Waals surface area contributed by atoms with Gasteiger partial charge in [-0.2, -0.15) is 0 Å². The van der Waals surface area contributed by atoms with Gasteiger partial charge in [-0.1, -0.05) is 0 Å². The molecule has 0 fully saturated rings. The van der Waals surface area contributed by atoms with Crippen LogP contribution in [0.5, 0.6) is 0 Å². The van der Waals surface area contributed by atoms with Crippen LogP contribution in [0.25, 0.3) is 0 Å². The second-order valence-corrected chi connectivity index (χ2v) is 22.2. The molecule has 4 rings (SSSR count). The van der Waals surface area contributed by atoms with Gasteiger partial charge in [0.2, 0.25) is 0 Å². The van der Waals surface area contributed by atoms with Gasteiger partial charge in [0.1, 0.15) is 0 Å². The van der Waals surface area contributed by atoms with Crippen molar-refractivity contribution in [1.29, 1.82) is 0 Å². The van der Waals surface area contributed by atoms with Gasteiger partial charge in [0.25, 0.3) is 0 Å². The van der Waals surface area contributed by atoms with Gasteiger partial charge in [-0.3, -0.25) is 0 Å². The number of hydrogen-bond donors (Lipinski definition) is 0. The van der Waals surface area contributed by atoms with Crippen molar-refractivity contribution in [2.24, 2.45) is 4.99 Å². The molecule has 3 aromatic carbocycles. The number of nitrogens with zero attached hydrogens (tertiary/aromatic N) is 2. The molecule has 0 aliphatic carbocycles. The minimum atomic E-state index is -2.35. The van der Waals surface area contributed by atoms with Crippen LogP contribution in [-0.4, -0.2) is 29.5 Å². The van der Waals surface area contributed by atoms with Crippen LogP contribution in [0.2, 0.25) is 0 Å². The molecule has 1 heterocycles. The summed E-state index contributed by atoms with van der Waals surface area (Å²) in [6.07, 6.45) is 6.73. The third-order valence-electron chi connectivity index (χ3n) is 7.55. The van der Waals surface area contributed by atoms with E-state index in [1.165, 1.54) is 29.0 Å². The van der Waals surface area contributed by atoms with Crippen LogP contribution in [0.4, 0.5) is 0 Å². The van der Waals surface area contributed by atoms with E-state index >= 15 is 0 Å². The Kier molecular flexibility index (Phi) is 8.09. The first-order valence-electron chi connectivity index (χ1n) is 12.2. The molecule has 3 aromatic rings. The topological polar surface area (TPSA) is 15.6 Å². The van der Waals surface area contributed by atoms with Crippen molar-refractivity contribution in [2.75, 3.05) is 13.2 Å². The Morgan fingerprint density at radius 2 is 1.47 bits per heavy atom. The van der Waals surface area contributed by atoms with Gasteiger partial charge in [-0.25, -0.2) is 0 Å². The van der Waals surface area contributed by atoms with Gasteiger partial charge in [-0.15, -0.1) is 0 Å². The summed E-state index contributed by atoms with van der Waals surface area (Å²) < 4.78 is 3.00. The van der Waals surface area contributed by atoms with Crippen molar-refractivity contribution in [1.82, 2.24) is 4.44 Å². The Labute approximate surface area is 219 Å². The van der Waals surface area contributed by atoms with Gasteiger partial charge in [0, 0.05) is 0 Å². The summed E-state index contributed by atoms with van der Waals surface area (Å²) in [6, 6.07) is 33.5. The molecule has 0 aromatic heterocycles. The van der Waals surface area contributed by atoms with Crippen LogP contribution in [0.15, 0.2) is 109 Å². The van der Waals surface area contributed by atoms with Crippen LogP contribution in [0.1, 0.15) is 32.3 Å². The van der Waals surface area contributed by atoms with Crippen LogP contribution < -0.4 is 10.6 Å². The van der Waals surface area contributed by atoms with Gasteiger partial charge >= 0.3 is 221 Å². The summed E-state index contributed by atoms with van der Waals surface area (Å²) in [5, 5.41) is 0.310. The van der Waals surface area contributed by atoms with Gasteiger partial charge in [0.05, 0.1) is 0 Å². The summed E-state index contributed by atoms with van der Waals surface area (Å²) in [7, 11) is -2.33. The SMILES string of the molecule is C=C[C@@H]1C=N[C@@](C)(c2ccccc2)[PH]1(I)N(CCCC)[PH](C)(c1ccccc1)c1ccccc1. The molecule has 2 nitrogen and oxygen atoms in total. The first-order valence-corrected chi connectivity index (χ1v) is 19.8. The van der Waals surface area contributed by atoms with Crippen LogP contribution in [0.3, 0.4) is 0 Å². The quantitative estimate of drug-likeness (QED) is 0.140. The van der Waals surface area contributed by atoms with Crippen molar-refractivity contribution in [2.45, 2.75) is 37.6 Å². The Balaban J connectivity index is 2.00. The molecule has 0 bridgehead atoms. The maximum atomic E-state index is 5.31. The first-order chi connectivity index (χ1) is 16.4. The van der Waals surface area contributed by atoms with E-state index in [-0.39, 0.29) is 10.9 Å². The minimum absolute atomic E-state index is 0.265. The van der Waals surface area contributed by atoms with Crippen LogP contribution >= 0.6 is 34.5 Å². The molecule has 2 atom stereocenters. The van der Waals surface area contributed by atoms with Crippen molar-refractivity contribution in [3.05, 3.63) is 109 Å². The van der Waals surface area contributed by atoms with Crippen molar-refractivity contribution in [3.63, 3.8) is 0 Å². The van der Waals surface area contributed by atoms with E-state index in [1.54, 1.807) is 0 Å². The molecule has 0 saturated carbocycles. The predicted molar refractivity (Wildman–Crippen MR) is 167 cm³/mol. The summed E-state index contributed by atoms with van der Waals surface area (Å²) in [5.41, 5.74) is 1.59. The zero-order valence-electron chi connectivity index (χ0n) is 20.5. The average Bonchev–Trinajstić information content (AvgIpc) is 3.16. The molecule has 0 unspecified atom stereocenters. The van der Waals surface area contributed by atoms with Gasteiger partial charge in [-0.05, 0) is 0 Å². The van der Waals surface area contributed by atoms with Crippen molar-refractivity contribution in [3.8, 4) is 0 Å². The summed E-state index contributed by atoms with van der Waals surface area (Å²) >= 11 is 2.89. The molecule has 0 radical (unpaired) electrons. The molecular formula is C29H37IN2P2. The number of hydrogen-bond acceptors (Lipinski definition) is 2. The molecule has 1 aliphatic rings. The van der Waals surface area contributed by atoms with Gasteiger partial charge in [0.15, 0.2) is 0 Å². The molecule has 0 amide bonds. The fourth-order valence-electron chi connectivity index (χ4n) is 5.47.